The number of hydrogen-bond acceptors (Lipinski definition) is 3. The van der Waals surface area contributed by atoms with Crippen LogP contribution in [0, 0.1) is 17.1 Å². The lowest BCUT2D eigenvalue weighted by Gasteiger charge is -2.11. The summed E-state index contributed by atoms with van der Waals surface area (Å²) in [5, 5.41) is 9.90. The summed E-state index contributed by atoms with van der Waals surface area (Å²) in [7, 11) is 0. The molecule has 1 aromatic heterocycles. The first-order chi connectivity index (χ1) is 11.1. The summed E-state index contributed by atoms with van der Waals surface area (Å²) >= 11 is 6.24. The van der Waals surface area contributed by atoms with E-state index in [-0.39, 0.29) is 17.2 Å². The molecule has 0 unspecified atom stereocenters. The van der Waals surface area contributed by atoms with Crippen LogP contribution in [-0.2, 0) is 0 Å². The molecule has 2 aromatic carbocycles. The summed E-state index contributed by atoms with van der Waals surface area (Å²) in [6.45, 7) is 0. The number of benzene rings is 2. The zero-order valence-electron chi connectivity index (χ0n) is 11.9. The molecule has 3 rings (SSSR count). The largest absolute Gasteiger partial charge is 0.383 e. The average Bonchev–Trinajstić information content (AvgIpc) is 2.55. The van der Waals surface area contributed by atoms with Gasteiger partial charge in [0.2, 0.25) is 0 Å². The van der Waals surface area contributed by atoms with E-state index in [0.29, 0.717) is 27.4 Å². The van der Waals surface area contributed by atoms with Crippen molar-refractivity contribution in [3.63, 3.8) is 0 Å². The maximum absolute atomic E-state index is 13.1. The number of nitrogen functional groups attached to an aromatic ring is 1. The lowest BCUT2D eigenvalue weighted by Crippen LogP contribution is -2.00. The molecule has 0 amide bonds. The summed E-state index contributed by atoms with van der Waals surface area (Å²) in [4.78, 5) is 4.25. The molecule has 0 atom stereocenters. The molecule has 0 saturated carbocycles. The molecule has 23 heavy (non-hydrogen) atoms. The van der Waals surface area contributed by atoms with Gasteiger partial charge in [0.25, 0.3) is 0 Å². The molecule has 0 aliphatic heterocycles. The van der Waals surface area contributed by atoms with Crippen LogP contribution >= 0.6 is 11.6 Å². The number of pyridine rings is 1. The Kier molecular flexibility index (Phi) is 3.96. The third-order valence-electron chi connectivity index (χ3n) is 3.46. The van der Waals surface area contributed by atoms with Crippen LogP contribution in [-0.4, -0.2) is 4.98 Å². The maximum Gasteiger partial charge on any atom is 0.142 e. The average molecular weight is 324 g/mol. The molecule has 3 aromatic rings. The van der Waals surface area contributed by atoms with Crippen molar-refractivity contribution in [1.82, 2.24) is 4.98 Å². The van der Waals surface area contributed by atoms with Crippen LogP contribution in [0.3, 0.4) is 0 Å². The van der Waals surface area contributed by atoms with Crippen molar-refractivity contribution in [2.75, 3.05) is 5.73 Å². The van der Waals surface area contributed by atoms with Gasteiger partial charge in [-0.2, -0.15) is 5.26 Å². The zero-order valence-corrected chi connectivity index (χ0v) is 12.7. The first-order valence-corrected chi connectivity index (χ1v) is 7.19. The third-order valence-corrected chi connectivity index (χ3v) is 3.79. The summed E-state index contributed by atoms with van der Waals surface area (Å²) in [5.74, 6) is -0.217. The predicted octanol–water partition coefficient (Wildman–Crippen LogP) is 4.66. The van der Waals surface area contributed by atoms with Crippen LogP contribution in [0.25, 0.3) is 22.4 Å². The summed E-state index contributed by atoms with van der Waals surface area (Å²) in [6, 6.07) is 16.9. The zero-order chi connectivity index (χ0) is 16.4. The van der Waals surface area contributed by atoms with Crippen molar-refractivity contribution in [1.29, 1.82) is 5.26 Å². The van der Waals surface area contributed by atoms with Crippen molar-refractivity contribution in [2.24, 2.45) is 0 Å². The van der Waals surface area contributed by atoms with E-state index in [1.165, 1.54) is 12.1 Å². The molecule has 0 bridgehead atoms. The molecular weight excluding hydrogens is 313 g/mol. The van der Waals surface area contributed by atoms with E-state index >= 15 is 0 Å². The van der Waals surface area contributed by atoms with Gasteiger partial charge in [-0.05, 0) is 36.4 Å². The molecule has 0 fully saturated rings. The normalized spacial score (nSPS) is 10.3. The fraction of sp³-hybridized carbons (Fsp3) is 0. The van der Waals surface area contributed by atoms with Gasteiger partial charge in [0.05, 0.1) is 5.69 Å². The molecule has 0 aliphatic rings. The smallest absolute Gasteiger partial charge is 0.142 e. The quantitative estimate of drug-likeness (QED) is 0.746. The molecule has 0 radical (unpaired) electrons. The lowest BCUT2D eigenvalue weighted by atomic mass is 9.98. The van der Waals surface area contributed by atoms with Gasteiger partial charge < -0.3 is 5.73 Å². The van der Waals surface area contributed by atoms with Crippen molar-refractivity contribution in [3.05, 3.63) is 71.0 Å². The Morgan fingerprint density at radius 2 is 1.74 bits per heavy atom. The molecule has 0 saturated heterocycles. The first kappa shape index (κ1) is 15.0. The van der Waals surface area contributed by atoms with Crippen LogP contribution in [0.4, 0.5) is 10.2 Å². The second-order valence-corrected chi connectivity index (χ2v) is 5.32. The van der Waals surface area contributed by atoms with Crippen LogP contribution in [0.2, 0.25) is 5.02 Å². The summed E-state index contributed by atoms with van der Waals surface area (Å²) in [6.07, 6.45) is 0. The number of nitrogens with two attached hydrogens (primary N) is 1. The number of rotatable bonds is 2. The molecule has 2 N–H and O–H groups in total. The SMILES string of the molecule is N#Cc1c(-c2ccccc2Cl)cc(-c2ccc(F)cc2)nc1N. The summed E-state index contributed by atoms with van der Waals surface area (Å²) < 4.78 is 13.1. The number of nitrogens with zero attached hydrogens (tertiary/aromatic N) is 2. The molecule has 112 valence electrons. The predicted molar refractivity (Wildman–Crippen MR) is 89.2 cm³/mol. The minimum atomic E-state index is -0.332. The topological polar surface area (TPSA) is 62.7 Å². The monoisotopic (exact) mass is 323 g/mol. The fourth-order valence-electron chi connectivity index (χ4n) is 2.34. The van der Waals surface area contributed by atoms with Gasteiger partial charge in [0, 0.05) is 21.7 Å². The van der Waals surface area contributed by atoms with Gasteiger partial charge in [-0.1, -0.05) is 29.8 Å². The second kappa shape index (κ2) is 6.07. The minimum Gasteiger partial charge on any atom is -0.383 e. The van der Waals surface area contributed by atoms with Gasteiger partial charge in [-0.3, -0.25) is 0 Å². The van der Waals surface area contributed by atoms with Gasteiger partial charge in [-0.25, -0.2) is 9.37 Å². The number of hydrogen-bond donors (Lipinski definition) is 1. The molecule has 1 heterocycles. The Morgan fingerprint density at radius 1 is 1.04 bits per heavy atom. The highest BCUT2D eigenvalue weighted by molar-refractivity contribution is 6.33. The number of aromatic nitrogens is 1. The molecule has 3 nitrogen and oxygen atoms in total. The van der Waals surface area contributed by atoms with Crippen LogP contribution in [0.15, 0.2) is 54.6 Å². The highest BCUT2D eigenvalue weighted by Gasteiger charge is 2.15. The van der Waals surface area contributed by atoms with Crippen molar-refractivity contribution >= 4 is 17.4 Å². The molecule has 5 heteroatoms. The Bertz CT molecular complexity index is 915. The van der Waals surface area contributed by atoms with E-state index in [1.807, 2.05) is 18.2 Å². The second-order valence-electron chi connectivity index (χ2n) is 4.91. The highest BCUT2D eigenvalue weighted by atomic mass is 35.5. The Hall–Kier alpha value is -2.90. The van der Waals surface area contributed by atoms with E-state index in [2.05, 4.69) is 11.1 Å². The minimum absolute atomic E-state index is 0.115. The van der Waals surface area contributed by atoms with Gasteiger partial charge in [0.1, 0.15) is 23.3 Å². The first-order valence-electron chi connectivity index (χ1n) is 6.81. The Labute approximate surface area is 137 Å². The van der Waals surface area contributed by atoms with Crippen LogP contribution in [0.1, 0.15) is 5.56 Å². The molecule has 0 spiro atoms. The Morgan fingerprint density at radius 3 is 2.39 bits per heavy atom. The maximum atomic E-state index is 13.1. The highest BCUT2D eigenvalue weighted by Crippen LogP contribution is 2.34. The van der Waals surface area contributed by atoms with E-state index in [0.717, 1.165) is 0 Å². The van der Waals surface area contributed by atoms with E-state index in [1.54, 1.807) is 24.3 Å². The van der Waals surface area contributed by atoms with Crippen molar-refractivity contribution < 1.29 is 4.39 Å². The van der Waals surface area contributed by atoms with Crippen molar-refractivity contribution in [3.8, 4) is 28.5 Å². The number of anilines is 1. The van der Waals surface area contributed by atoms with Crippen LogP contribution in [0.5, 0.6) is 0 Å². The molecular formula is C18H11ClFN3. The number of halogens is 2. The number of nitriles is 1. The van der Waals surface area contributed by atoms with E-state index in [4.69, 9.17) is 17.3 Å². The van der Waals surface area contributed by atoms with Crippen molar-refractivity contribution in [2.45, 2.75) is 0 Å². The standard InChI is InChI=1S/C18H11ClFN3/c19-16-4-2-1-3-13(16)14-9-17(23-18(22)15(14)10-21)11-5-7-12(20)8-6-11/h1-9H,(H2,22,23). The third kappa shape index (κ3) is 2.87. The summed E-state index contributed by atoms with van der Waals surface area (Å²) in [5.41, 5.74) is 8.76. The Balaban J connectivity index is 2.25. The lowest BCUT2D eigenvalue weighted by molar-refractivity contribution is 0.628. The fourth-order valence-corrected chi connectivity index (χ4v) is 2.58. The van der Waals surface area contributed by atoms with Crippen LogP contribution < -0.4 is 5.73 Å². The van der Waals surface area contributed by atoms with E-state index in [9.17, 15) is 9.65 Å². The van der Waals surface area contributed by atoms with E-state index < -0.39 is 0 Å². The molecule has 0 aliphatic carbocycles. The van der Waals surface area contributed by atoms with Gasteiger partial charge in [-0.15, -0.1) is 0 Å². The van der Waals surface area contributed by atoms with Gasteiger partial charge in [0.15, 0.2) is 0 Å². The van der Waals surface area contributed by atoms with Gasteiger partial charge >= 0.3 is 0 Å².